The minimum Gasteiger partial charge on any atom is -0.303 e. The first kappa shape index (κ1) is 10.5. The lowest BCUT2D eigenvalue weighted by atomic mass is 9.82. The van der Waals surface area contributed by atoms with Crippen LogP contribution in [0.15, 0.2) is 11.6 Å². The molecule has 0 N–H and O–H groups in total. The lowest BCUT2D eigenvalue weighted by molar-refractivity contribution is -0.107. The quantitative estimate of drug-likeness (QED) is 0.479. The van der Waals surface area contributed by atoms with Crippen LogP contribution in [0.4, 0.5) is 0 Å². The van der Waals surface area contributed by atoms with Gasteiger partial charge in [0.05, 0.1) is 0 Å². The fourth-order valence-corrected chi connectivity index (χ4v) is 2.01. The summed E-state index contributed by atoms with van der Waals surface area (Å²) in [5.41, 5.74) is 1.51. The summed E-state index contributed by atoms with van der Waals surface area (Å²) in [7, 11) is 0. The second kappa shape index (κ2) is 5.21. The van der Waals surface area contributed by atoms with E-state index in [0.717, 1.165) is 24.5 Å². The third-order valence-corrected chi connectivity index (χ3v) is 2.92. The Morgan fingerprint density at radius 2 is 2.38 bits per heavy atom. The van der Waals surface area contributed by atoms with E-state index >= 15 is 0 Å². The standard InChI is InChI=1S/C12H20O/c1-10(2)12-7-3-5-11(9-12)6-4-8-13/h8-10,12H,3-7H2,1-2H3. The van der Waals surface area contributed by atoms with Gasteiger partial charge in [-0.25, -0.2) is 0 Å². The first-order chi connectivity index (χ1) is 6.24. The highest BCUT2D eigenvalue weighted by Crippen LogP contribution is 2.29. The van der Waals surface area contributed by atoms with E-state index < -0.39 is 0 Å². The van der Waals surface area contributed by atoms with Crippen molar-refractivity contribution < 1.29 is 4.79 Å². The van der Waals surface area contributed by atoms with E-state index in [2.05, 4.69) is 19.9 Å². The van der Waals surface area contributed by atoms with Crippen LogP contribution >= 0.6 is 0 Å². The molecule has 1 heteroatoms. The third-order valence-electron chi connectivity index (χ3n) is 2.92. The first-order valence-corrected chi connectivity index (χ1v) is 5.37. The Bertz CT molecular complexity index is 191. The van der Waals surface area contributed by atoms with Crippen LogP contribution in [-0.4, -0.2) is 6.29 Å². The number of aldehydes is 1. The van der Waals surface area contributed by atoms with Crippen LogP contribution in [0.1, 0.15) is 46.0 Å². The summed E-state index contributed by atoms with van der Waals surface area (Å²) in [6, 6.07) is 0. The second-order valence-electron chi connectivity index (χ2n) is 4.33. The highest BCUT2D eigenvalue weighted by atomic mass is 16.1. The Morgan fingerprint density at radius 3 is 3.00 bits per heavy atom. The zero-order valence-electron chi connectivity index (χ0n) is 8.75. The summed E-state index contributed by atoms with van der Waals surface area (Å²) in [6.07, 6.45) is 9.01. The van der Waals surface area contributed by atoms with Crippen LogP contribution in [0.2, 0.25) is 0 Å². The van der Waals surface area contributed by atoms with Crippen LogP contribution in [0.3, 0.4) is 0 Å². The number of carbonyl (C=O) groups excluding carboxylic acids is 1. The number of carbonyl (C=O) groups is 1. The van der Waals surface area contributed by atoms with Crippen molar-refractivity contribution >= 4 is 6.29 Å². The summed E-state index contributed by atoms with van der Waals surface area (Å²) in [5, 5.41) is 0. The molecule has 0 bridgehead atoms. The van der Waals surface area contributed by atoms with Gasteiger partial charge in [-0.2, -0.15) is 0 Å². The third kappa shape index (κ3) is 3.33. The molecule has 0 fully saturated rings. The average Bonchev–Trinajstić information content (AvgIpc) is 2.15. The van der Waals surface area contributed by atoms with E-state index in [1.807, 2.05) is 0 Å². The normalized spacial score (nSPS) is 23.0. The monoisotopic (exact) mass is 180 g/mol. The van der Waals surface area contributed by atoms with E-state index in [1.165, 1.54) is 24.8 Å². The Labute approximate surface area is 81.2 Å². The van der Waals surface area contributed by atoms with Crippen LogP contribution in [0.25, 0.3) is 0 Å². The molecule has 0 radical (unpaired) electrons. The lowest BCUT2D eigenvalue weighted by Gasteiger charge is -2.23. The van der Waals surface area contributed by atoms with Crippen molar-refractivity contribution in [2.75, 3.05) is 0 Å². The van der Waals surface area contributed by atoms with Crippen molar-refractivity contribution in [3.63, 3.8) is 0 Å². The molecule has 13 heavy (non-hydrogen) atoms. The SMILES string of the molecule is CC(C)C1C=C(CCC=O)CCC1. The van der Waals surface area contributed by atoms with Gasteiger partial charge in [-0.05, 0) is 37.5 Å². The zero-order valence-corrected chi connectivity index (χ0v) is 8.75. The summed E-state index contributed by atoms with van der Waals surface area (Å²) in [6.45, 7) is 4.56. The predicted octanol–water partition coefficient (Wildman–Crippen LogP) is 3.35. The molecule has 0 spiro atoms. The van der Waals surface area contributed by atoms with Gasteiger partial charge in [0.1, 0.15) is 6.29 Å². The van der Waals surface area contributed by atoms with Gasteiger partial charge in [0, 0.05) is 6.42 Å². The largest absolute Gasteiger partial charge is 0.303 e. The van der Waals surface area contributed by atoms with Crippen molar-refractivity contribution in [2.24, 2.45) is 11.8 Å². The lowest BCUT2D eigenvalue weighted by Crippen LogP contribution is -2.10. The number of allylic oxidation sites excluding steroid dienone is 2. The maximum Gasteiger partial charge on any atom is 0.120 e. The van der Waals surface area contributed by atoms with E-state index in [9.17, 15) is 4.79 Å². The van der Waals surface area contributed by atoms with Crippen LogP contribution in [0.5, 0.6) is 0 Å². The number of rotatable bonds is 4. The molecule has 1 aliphatic carbocycles. The highest BCUT2D eigenvalue weighted by Gasteiger charge is 2.15. The molecule has 0 saturated carbocycles. The van der Waals surface area contributed by atoms with Crippen molar-refractivity contribution in [2.45, 2.75) is 46.0 Å². The molecule has 74 valence electrons. The van der Waals surface area contributed by atoms with E-state index in [1.54, 1.807) is 0 Å². The van der Waals surface area contributed by atoms with Crippen molar-refractivity contribution in [3.05, 3.63) is 11.6 Å². The maximum absolute atomic E-state index is 10.2. The summed E-state index contributed by atoms with van der Waals surface area (Å²) in [4.78, 5) is 10.2. The van der Waals surface area contributed by atoms with Gasteiger partial charge >= 0.3 is 0 Å². The topological polar surface area (TPSA) is 17.1 Å². The van der Waals surface area contributed by atoms with E-state index in [-0.39, 0.29) is 0 Å². The molecular weight excluding hydrogens is 160 g/mol. The molecule has 1 nitrogen and oxygen atoms in total. The Morgan fingerprint density at radius 1 is 1.62 bits per heavy atom. The van der Waals surface area contributed by atoms with Gasteiger partial charge < -0.3 is 4.79 Å². The molecule has 0 amide bonds. The van der Waals surface area contributed by atoms with Gasteiger partial charge in [0.2, 0.25) is 0 Å². The van der Waals surface area contributed by atoms with Gasteiger partial charge in [-0.3, -0.25) is 0 Å². The molecular formula is C12H20O. The fraction of sp³-hybridized carbons (Fsp3) is 0.750. The summed E-state index contributed by atoms with van der Waals surface area (Å²) < 4.78 is 0. The van der Waals surface area contributed by atoms with Crippen LogP contribution in [0, 0.1) is 11.8 Å². The molecule has 0 aromatic carbocycles. The fourth-order valence-electron chi connectivity index (χ4n) is 2.01. The second-order valence-corrected chi connectivity index (χ2v) is 4.33. The zero-order chi connectivity index (χ0) is 9.68. The molecule has 1 atom stereocenters. The number of hydrogen-bond acceptors (Lipinski definition) is 1. The first-order valence-electron chi connectivity index (χ1n) is 5.37. The molecule has 0 aliphatic heterocycles. The minimum absolute atomic E-state index is 0.705. The Balaban J connectivity index is 2.48. The molecule has 0 aromatic rings. The van der Waals surface area contributed by atoms with E-state index in [0.29, 0.717) is 6.42 Å². The van der Waals surface area contributed by atoms with E-state index in [4.69, 9.17) is 0 Å². The smallest absolute Gasteiger partial charge is 0.120 e. The molecule has 0 aromatic heterocycles. The predicted molar refractivity (Wildman–Crippen MR) is 55.6 cm³/mol. The van der Waals surface area contributed by atoms with Gasteiger partial charge in [-0.15, -0.1) is 0 Å². The van der Waals surface area contributed by atoms with Crippen LogP contribution < -0.4 is 0 Å². The molecule has 0 saturated heterocycles. The summed E-state index contributed by atoms with van der Waals surface area (Å²) >= 11 is 0. The van der Waals surface area contributed by atoms with Gasteiger partial charge in [0.15, 0.2) is 0 Å². The Hall–Kier alpha value is -0.590. The maximum atomic E-state index is 10.2. The summed E-state index contributed by atoms with van der Waals surface area (Å²) in [5.74, 6) is 1.52. The Kier molecular flexibility index (Phi) is 4.20. The molecule has 1 aliphatic rings. The van der Waals surface area contributed by atoms with Crippen molar-refractivity contribution in [3.8, 4) is 0 Å². The molecule has 0 heterocycles. The molecule has 1 rings (SSSR count). The van der Waals surface area contributed by atoms with Gasteiger partial charge in [0.25, 0.3) is 0 Å². The van der Waals surface area contributed by atoms with Crippen molar-refractivity contribution in [1.29, 1.82) is 0 Å². The highest BCUT2D eigenvalue weighted by molar-refractivity contribution is 5.49. The average molecular weight is 180 g/mol. The van der Waals surface area contributed by atoms with Crippen LogP contribution in [-0.2, 0) is 4.79 Å². The minimum atomic E-state index is 0.705. The molecule has 1 unspecified atom stereocenters. The van der Waals surface area contributed by atoms with Gasteiger partial charge in [-0.1, -0.05) is 25.5 Å². The van der Waals surface area contributed by atoms with Crippen molar-refractivity contribution in [1.82, 2.24) is 0 Å². The number of hydrogen-bond donors (Lipinski definition) is 0.